The van der Waals surface area contributed by atoms with Gasteiger partial charge in [0.1, 0.15) is 16.8 Å². The molecule has 1 saturated heterocycles. The molecule has 5 heteroatoms. The summed E-state index contributed by atoms with van der Waals surface area (Å²) in [5, 5.41) is 0.509. The van der Waals surface area contributed by atoms with Gasteiger partial charge in [-0.25, -0.2) is 9.97 Å². The summed E-state index contributed by atoms with van der Waals surface area (Å²) in [5.41, 5.74) is -0.101. The summed E-state index contributed by atoms with van der Waals surface area (Å²) in [6.45, 7) is 10.9. The molecule has 106 valence electrons. The van der Waals surface area contributed by atoms with Crippen molar-refractivity contribution in [2.45, 2.75) is 45.6 Å². The van der Waals surface area contributed by atoms with Gasteiger partial charge in [-0.3, -0.25) is 0 Å². The molecule has 0 aliphatic carbocycles. The number of ether oxygens (including phenoxy) is 1. The number of morpholine rings is 1. The second kappa shape index (κ2) is 5.63. The van der Waals surface area contributed by atoms with Gasteiger partial charge in [-0.1, -0.05) is 39.3 Å². The van der Waals surface area contributed by atoms with E-state index in [9.17, 15) is 0 Å². The van der Waals surface area contributed by atoms with E-state index in [1.165, 1.54) is 0 Å². The molecule has 1 aliphatic heterocycles. The molecule has 0 aromatic carbocycles. The third kappa shape index (κ3) is 3.57. The molecular weight excluding hydrogens is 262 g/mol. The molecular formula is C14H22ClN3O. The highest BCUT2D eigenvalue weighted by Crippen LogP contribution is 2.25. The van der Waals surface area contributed by atoms with Crippen molar-refractivity contribution in [1.29, 1.82) is 0 Å². The van der Waals surface area contributed by atoms with Crippen LogP contribution in [0.15, 0.2) is 6.07 Å². The molecule has 2 heterocycles. The van der Waals surface area contributed by atoms with E-state index in [1.54, 1.807) is 0 Å². The van der Waals surface area contributed by atoms with Crippen molar-refractivity contribution in [3.05, 3.63) is 17.0 Å². The van der Waals surface area contributed by atoms with Crippen LogP contribution in [0.25, 0.3) is 0 Å². The van der Waals surface area contributed by atoms with Crippen LogP contribution in [0.1, 0.15) is 39.9 Å². The predicted molar refractivity (Wildman–Crippen MR) is 78.0 cm³/mol. The molecule has 0 saturated carbocycles. The first kappa shape index (κ1) is 14.5. The van der Waals surface area contributed by atoms with Gasteiger partial charge in [-0.05, 0) is 6.42 Å². The largest absolute Gasteiger partial charge is 0.375 e. The van der Waals surface area contributed by atoms with Crippen molar-refractivity contribution in [2.75, 3.05) is 24.6 Å². The van der Waals surface area contributed by atoms with Gasteiger partial charge in [0.25, 0.3) is 0 Å². The van der Waals surface area contributed by atoms with E-state index in [-0.39, 0.29) is 11.5 Å². The molecule has 1 fully saturated rings. The van der Waals surface area contributed by atoms with Crippen LogP contribution in [0.2, 0.25) is 5.15 Å². The molecule has 0 spiro atoms. The van der Waals surface area contributed by atoms with E-state index in [4.69, 9.17) is 16.3 Å². The number of anilines is 1. The van der Waals surface area contributed by atoms with Gasteiger partial charge in [0.05, 0.1) is 12.7 Å². The summed E-state index contributed by atoms with van der Waals surface area (Å²) in [7, 11) is 0. The summed E-state index contributed by atoms with van der Waals surface area (Å²) in [5.74, 6) is 1.70. The first-order valence-corrected chi connectivity index (χ1v) is 7.19. The molecule has 0 radical (unpaired) electrons. The summed E-state index contributed by atoms with van der Waals surface area (Å²) < 4.78 is 5.69. The molecule has 1 aromatic heterocycles. The van der Waals surface area contributed by atoms with Crippen LogP contribution < -0.4 is 4.90 Å². The smallest absolute Gasteiger partial charge is 0.137 e. The Kier molecular flexibility index (Phi) is 4.31. The lowest BCUT2D eigenvalue weighted by atomic mass is 9.96. The van der Waals surface area contributed by atoms with Crippen molar-refractivity contribution in [2.24, 2.45) is 0 Å². The zero-order valence-electron chi connectivity index (χ0n) is 12.1. The van der Waals surface area contributed by atoms with Gasteiger partial charge in [0.15, 0.2) is 0 Å². The Labute approximate surface area is 120 Å². The zero-order chi connectivity index (χ0) is 14.0. The fourth-order valence-electron chi connectivity index (χ4n) is 2.08. The number of hydrogen-bond acceptors (Lipinski definition) is 4. The number of halogens is 1. The van der Waals surface area contributed by atoms with Gasteiger partial charge in [-0.2, -0.15) is 0 Å². The van der Waals surface area contributed by atoms with Crippen LogP contribution in [0.4, 0.5) is 5.82 Å². The first-order valence-electron chi connectivity index (χ1n) is 6.81. The van der Waals surface area contributed by atoms with E-state index >= 15 is 0 Å². The van der Waals surface area contributed by atoms with Crippen molar-refractivity contribution in [3.8, 4) is 0 Å². The maximum absolute atomic E-state index is 6.14. The highest BCUT2D eigenvalue weighted by atomic mass is 35.5. The molecule has 2 rings (SSSR count). The van der Waals surface area contributed by atoms with Crippen LogP contribution in [0.3, 0.4) is 0 Å². The monoisotopic (exact) mass is 283 g/mol. The number of rotatable bonds is 2. The standard InChI is InChI=1S/C14H22ClN3O/c1-5-10-9-18(6-7-19-10)12-8-11(15)16-13(17-12)14(2,3)4/h8,10H,5-7,9H2,1-4H3. The lowest BCUT2D eigenvalue weighted by Gasteiger charge is -2.33. The van der Waals surface area contributed by atoms with Gasteiger partial charge >= 0.3 is 0 Å². The van der Waals surface area contributed by atoms with Gasteiger partial charge in [0, 0.05) is 24.6 Å². The molecule has 4 nitrogen and oxygen atoms in total. The van der Waals surface area contributed by atoms with Crippen LogP contribution >= 0.6 is 11.6 Å². The number of hydrogen-bond donors (Lipinski definition) is 0. The van der Waals surface area contributed by atoms with Gasteiger partial charge in [-0.15, -0.1) is 0 Å². The van der Waals surface area contributed by atoms with Crippen LogP contribution in [0, 0.1) is 0 Å². The molecule has 1 atom stereocenters. The third-order valence-corrected chi connectivity index (χ3v) is 3.46. The van der Waals surface area contributed by atoms with Gasteiger partial charge < -0.3 is 9.64 Å². The van der Waals surface area contributed by atoms with Crippen molar-refractivity contribution in [3.63, 3.8) is 0 Å². The quantitative estimate of drug-likeness (QED) is 0.782. The Morgan fingerprint density at radius 3 is 2.79 bits per heavy atom. The Bertz CT molecular complexity index is 445. The van der Waals surface area contributed by atoms with E-state index in [0.29, 0.717) is 5.15 Å². The van der Waals surface area contributed by atoms with Gasteiger partial charge in [0.2, 0.25) is 0 Å². The second-order valence-electron chi connectivity index (χ2n) is 5.97. The number of aromatic nitrogens is 2. The molecule has 1 aliphatic rings. The fourth-order valence-corrected chi connectivity index (χ4v) is 2.26. The van der Waals surface area contributed by atoms with Crippen LogP contribution in [-0.2, 0) is 10.2 Å². The van der Waals surface area contributed by atoms with Crippen LogP contribution in [0.5, 0.6) is 0 Å². The SMILES string of the molecule is CCC1CN(c2cc(Cl)nc(C(C)(C)C)n2)CCO1. The molecule has 1 unspecified atom stereocenters. The maximum Gasteiger partial charge on any atom is 0.137 e. The third-order valence-electron chi connectivity index (χ3n) is 3.27. The fraction of sp³-hybridized carbons (Fsp3) is 0.714. The Morgan fingerprint density at radius 2 is 2.16 bits per heavy atom. The minimum atomic E-state index is -0.101. The zero-order valence-corrected chi connectivity index (χ0v) is 12.9. The topological polar surface area (TPSA) is 38.2 Å². The minimum absolute atomic E-state index is 0.101. The maximum atomic E-state index is 6.14. The highest BCUT2D eigenvalue weighted by Gasteiger charge is 2.24. The Balaban J connectivity index is 2.26. The highest BCUT2D eigenvalue weighted by molar-refractivity contribution is 6.29. The molecule has 0 bridgehead atoms. The second-order valence-corrected chi connectivity index (χ2v) is 6.36. The average Bonchev–Trinajstić information content (AvgIpc) is 2.37. The lowest BCUT2D eigenvalue weighted by Crippen LogP contribution is -2.42. The van der Waals surface area contributed by atoms with E-state index in [1.807, 2.05) is 6.07 Å². The van der Waals surface area contributed by atoms with E-state index in [0.717, 1.165) is 37.8 Å². The first-order chi connectivity index (χ1) is 8.90. The summed E-state index contributed by atoms with van der Waals surface area (Å²) in [6, 6.07) is 1.84. The summed E-state index contributed by atoms with van der Waals surface area (Å²) >= 11 is 6.14. The Morgan fingerprint density at radius 1 is 1.42 bits per heavy atom. The number of nitrogens with zero attached hydrogens (tertiary/aromatic N) is 3. The normalized spacial score (nSPS) is 20.7. The van der Waals surface area contributed by atoms with E-state index in [2.05, 4.69) is 42.6 Å². The summed E-state index contributed by atoms with van der Waals surface area (Å²) in [6.07, 6.45) is 1.29. The van der Waals surface area contributed by atoms with Crippen molar-refractivity contribution >= 4 is 17.4 Å². The summed E-state index contributed by atoms with van der Waals surface area (Å²) in [4.78, 5) is 11.2. The van der Waals surface area contributed by atoms with Crippen molar-refractivity contribution < 1.29 is 4.74 Å². The molecule has 1 aromatic rings. The average molecular weight is 284 g/mol. The van der Waals surface area contributed by atoms with Crippen LogP contribution in [-0.4, -0.2) is 35.8 Å². The molecule has 0 amide bonds. The van der Waals surface area contributed by atoms with Crippen molar-refractivity contribution in [1.82, 2.24) is 9.97 Å². The minimum Gasteiger partial charge on any atom is -0.375 e. The Hall–Kier alpha value is -0.870. The molecule has 19 heavy (non-hydrogen) atoms. The predicted octanol–water partition coefficient (Wildman–Crippen LogP) is 3.04. The molecule has 0 N–H and O–H groups in total. The lowest BCUT2D eigenvalue weighted by molar-refractivity contribution is 0.0381. The van der Waals surface area contributed by atoms with E-state index < -0.39 is 0 Å².